The maximum absolute atomic E-state index is 11.5. The van der Waals surface area contributed by atoms with Gasteiger partial charge >= 0.3 is 11.9 Å². The summed E-state index contributed by atoms with van der Waals surface area (Å²) in [5.41, 5.74) is 0. The minimum atomic E-state index is -1.49. The van der Waals surface area contributed by atoms with E-state index in [0.717, 1.165) is 38.5 Å². The number of hydrogen-bond donors (Lipinski definition) is 3. The van der Waals surface area contributed by atoms with E-state index in [2.05, 4.69) is 0 Å². The molecule has 0 aromatic carbocycles. The summed E-state index contributed by atoms with van der Waals surface area (Å²) in [5.74, 6) is -1.44. The van der Waals surface area contributed by atoms with Crippen molar-refractivity contribution in [2.24, 2.45) is 0 Å². The summed E-state index contributed by atoms with van der Waals surface area (Å²) in [6.45, 7) is 0.760. The van der Waals surface area contributed by atoms with Crippen LogP contribution in [0.4, 0.5) is 0 Å². The summed E-state index contributed by atoms with van der Waals surface area (Å²) >= 11 is 0. The number of hydrogen-bond acceptors (Lipinski definition) is 7. The van der Waals surface area contributed by atoms with E-state index in [9.17, 15) is 14.7 Å². The molecule has 3 N–H and O–H groups in total. The van der Waals surface area contributed by atoms with Gasteiger partial charge < -0.3 is 24.8 Å². The smallest absolute Gasteiger partial charge is 0.335 e. The molecule has 0 bridgehead atoms. The second-order valence-electron chi connectivity index (χ2n) is 5.38. The van der Waals surface area contributed by atoms with E-state index in [1.807, 2.05) is 0 Å². The number of esters is 2. The van der Waals surface area contributed by atoms with Crippen molar-refractivity contribution in [3.8, 4) is 0 Å². The van der Waals surface area contributed by atoms with E-state index in [-0.39, 0.29) is 26.4 Å². The van der Waals surface area contributed by atoms with Gasteiger partial charge in [0.15, 0.2) is 6.10 Å². The molecule has 0 aliphatic carbocycles. The number of rotatable bonds is 15. The predicted octanol–water partition coefficient (Wildman–Crippen LogP) is 0.929. The van der Waals surface area contributed by atoms with Gasteiger partial charge in [-0.3, -0.25) is 4.79 Å². The molecule has 0 aliphatic heterocycles. The zero-order valence-corrected chi connectivity index (χ0v) is 13.7. The quantitative estimate of drug-likeness (QED) is 0.301. The summed E-state index contributed by atoms with van der Waals surface area (Å²) in [6.07, 6.45) is 4.35. The van der Waals surface area contributed by atoms with Crippen molar-refractivity contribution in [2.45, 2.75) is 63.9 Å². The monoisotopic (exact) mass is 334 g/mol. The third-order valence-electron chi connectivity index (χ3n) is 3.24. The zero-order valence-electron chi connectivity index (χ0n) is 13.7. The van der Waals surface area contributed by atoms with Gasteiger partial charge in [-0.05, 0) is 38.5 Å². The Hall–Kier alpha value is -1.18. The summed E-state index contributed by atoms with van der Waals surface area (Å²) in [4.78, 5) is 22.9. The molecule has 7 nitrogen and oxygen atoms in total. The molecule has 7 heteroatoms. The molecule has 0 rings (SSSR count). The van der Waals surface area contributed by atoms with E-state index in [0.29, 0.717) is 12.8 Å². The standard InChI is InChI=1S/C16H30O7/c17-9-5-1-3-7-11-22-15(20)13-14(19)16(21)23-12-8-4-2-6-10-18/h14,17-19H,1-13H2. The van der Waals surface area contributed by atoms with Gasteiger partial charge in [-0.2, -0.15) is 0 Å². The van der Waals surface area contributed by atoms with Crippen molar-refractivity contribution < 1.29 is 34.4 Å². The number of unbranched alkanes of at least 4 members (excludes halogenated alkanes) is 6. The fourth-order valence-electron chi connectivity index (χ4n) is 1.89. The Morgan fingerprint density at radius 2 is 1.22 bits per heavy atom. The lowest BCUT2D eigenvalue weighted by Gasteiger charge is -2.10. The molecule has 0 aliphatic rings. The van der Waals surface area contributed by atoms with Crippen molar-refractivity contribution in [3.05, 3.63) is 0 Å². The molecule has 0 amide bonds. The highest BCUT2D eigenvalue weighted by molar-refractivity contribution is 5.81. The van der Waals surface area contributed by atoms with E-state index in [1.54, 1.807) is 0 Å². The van der Waals surface area contributed by atoms with Crippen LogP contribution < -0.4 is 0 Å². The van der Waals surface area contributed by atoms with Crippen LogP contribution in [0, 0.1) is 0 Å². The first-order chi connectivity index (χ1) is 11.1. The van der Waals surface area contributed by atoms with E-state index in [4.69, 9.17) is 19.7 Å². The molecule has 0 saturated heterocycles. The summed E-state index contributed by atoms with van der Waals surface area (Å²) < 4.78 is 9.79. The zero-order chi connectivity index (χ0) is 17.3. The summed E-state index contributed by atoms with van der Waals surface area (Å²) in [6, 6.07) is 0. The second kappa shape index (κ2) is 15.7. The van der Waals surface area contributed by atoms with E-state index in [1.165, 1.54) is 0 Å². The Labute approximate surface area is 137 Å². The third-order valence-corrected chi connectivity index (χ3v) is 3.24. The van der Waals surface area contributed by atoms with Gasteiger partial charge in [0.2, 0.25) is 0 Å². The molecule has 0 heterocycles. The minimum absolute atomic E-state index is 0.155. The third kappa shape index (κ3) is 14.2. The maximum atomic E-state index is 11.5. The Morgan fingerprint density at radius 3 is 1.74 bits per heavy atom. The average molecular weight is 334 g/mol. The number of carbonyl (C=O) groups excluding carboxylic acids is 2. The highest BCUT2D eigenvalue weighted by atomic mass is 16.6. The van der Waals surface area contributed by atoms with Crippen molar-refractivity contribution in [1.29, 1.82) is 0 Å². The van der Waals surface area contributed by atoms with Crippen LogP contribution in [-0.4, -0.2) is 59.8 Å². The average Bonchev–Trinajstić information content (AvgIpc) is 2.53. The van der Waals surface area contributed by atoms with E-state index < -0.39 is 24.5 Å². The fraction of sp³-hybridized carbons (Fsp3) is 0.875. The van der Waals surface area contributed by atoms with Gasteiger partial charge in [-0.15, -0.1) is 0 Å². The number of aliphatic hydroxyl groups is 3. The van der Waals surface area contributed by atoms with Crippen LogP contribution in [0.15, 0.2) is 0 Å². The first-order valence-corrected chi connectivity index (χ1v) is 8.33. The summed E-state index contributed by atoms with van der Waals surface area (Å²) in [7, 11) is 0. The van der Waals surface area contributed by atoms with Crippen LogP contribution in [0.2, 0.25) is 0 Å². The molecule has 0 aromatic rings. The highest BCUT2D eigenvalue weighted by Crippen LogP contribution is 2.04. The number of aliphatic hydroxyl groups excluding tert-OH is 3. The first-order valence-electron chi connectivity index (χ1n) is 8.33. The van der Waals surface area contributed by atoms with E-state index >= 15 is 0 Å². The highest BCUT2D eigenvalue weighted by Gasteiger charge is 2.21. The number of ether oxygens (including phenoxy) is 2. The molecule has 23 heavy (non-hydrogen) atoms. The van der Waals surface area contributed by atoms with Crippen molar-refractivity contribution in [3.63, 3.8) is 0 Å². The Bertz CT molecular complexity index is 307. The maximum Gasteiger partial charge on any atom is 0.335 e. The van der Waals surface area contributed by atoms with Gasteiger partial charge in [0.1, 0.15) is 0 Å². The minimum Gasteiger partial charge on any atom is -0.466 e. The molecule has 0 saturated carbocycles. The second-order valence-corrected chi connectivity index (χ2v) is 5.38. The first kappa shape index (κ1) is 21.8. The van der Waals surface area contributed by atoms with Gasteiger partial charge in [-0.1, -0.05) is 12.8 Å². The van der Waals surface area contributed by atoms with Gasteiger partial charge in [0.25, 0.3) is 0 Å². The van der Waals surface area contributed by atoms with Crippen LogP contribution in [-0.2, 0) is 19.1 Å². The molecule has 0 spiro atoms. The molecular weight excluding hydrogens is 304 g/mol. The Morgan fingerprint density at radius 1 is 0.739 bits per heavy atom. The van der Waals surface area contributed by atoms with Crippen molar-refractivity contribution in [1.82, 2.24) is 0 Å². The molecule has 0 radical (unpaired) electrons. The molecule has 0 fully saturated rings. The van der Waals surface area contributed by atoms with Crippen LogP contribution >= 0.6 is 0 Å². The largest absolute Gasteiger partial charge is 0.466 e. The van der Waals surface area contributed by atoms with Crippen LogP contribution in [0.3, 0.4) is 0 Å². The topological polar surface area (TPSA) is 113 Å². The molecule has 1 atom stereocenters. The Kier molecular flexibility index (Phi) is 14.9. The van der Waals surface area contributed by atoms with Gasteiger partial charge in [-0.25, -0.2) is 4.79 Å². The Balaban J connectivity index is 3.59. The molecule has 1 unspecified atom stereocenters. The fourth-order valence-corrected chi connectivity index (χ4v) is 1.89. The van der Waals surface area contributed by atoms with Crippen LogP contribution in [0.5, 0.6) is 0 Å². The lowest BCUT2D eigenvalue weighted by atomic mass is 10.2. The van der Waals surface area contributed by atoms with Crippen molar-refractivity contribution >= 4 is 11.9 Å². The van der Waals surface area contributed by atoms with Crippen LogP contribution in [0.1, 0.15) is 57.8 Å². The molecular formula is C16H30O7. The van der Waals surface area contributed by atoms with Crippen molar-refractivity contribution in [2.75, 3.05) is 26.4 Å². The van der Waals surface area contributed by atoms with Gasteiger partial charge in [0, 0.05) is 13.2 Å². The number of carbonyl (C=O) groups is 2. The molecule has 0 aromatic heterocycles. The summed E-state index contributed by atoms with van der Waals surface area (Å²) in [5, 5.41) is 26.8. The lowest BCUT2D eigenvalue weighted by molar-refractivity contribution is -0.160. The lowest BCUT2D eigenvalue weighted by Crippen LogP contribution is -2.27. The van der Waals surface area contributed by atoms with Crippen LogP contribution in [0.25, 0.3) is 0 Å². The normalized spacial score (nSPS) is 12.0. The SMILES string of the molecule is O=C(CC(O)C(=O)OCCCCCCO)OCCCCCCO. The molecule has 136 valence electrons. The predicted molar refractivity (Wildman–Crippen MR) is 83.6 cm³/mol. The van der Waals surface area contributed by atoms with Gasteiger partial charge in [0.05, 0.1) is 19.6 Å².